The third-order valence-electron chi connectivity index (χ3n) is 3.71. The van der Waals surface area contributed by atoms with Gasteiger partial charge in [0.1, 0.15) is 0 Å². The van der Waals surface area contributed by atoms with Crippen LogP contribution >= 0.6 is 0 Å². The monoisotopic (exact) mass is 347 g/mol. The van der Waals surface area contributed by atoms with E-state index in [0.29, 0.717) is 0 Å². The van der Waals surface area contributed by atoms with Crippen LogP contribution in [-0.4, -0.2) is 24.2 Å². The number of unbranched alkanes of at least 4 members (excludes halogenated alkanes) is 5. The van der Waals surface area contributed by atoms with E-state index < -0.39 is 5.97 Å². The SMILES string of the molecule is CCCCCC=CCC=CCC=CCC=CCCCCNCC(=O)O. The average molecular weight is 348 g/mol. The summed E-state index contributed by atoms with van der Waals surface area (Å²) in [4.78, 5) is 10.3. The zero-order chi connectivity index (χ0) is 18.4. The number of carboxylic acid groups (broad SMARTS) is 1. The van der Waals surface area contributed by atoms with E-state index in [1.807, 2.05) is 0 Å². The van der Waals surface area contributed by atoms with Crippen molar-refractivity contribution in [3.05, 3.63) is 48.6 Å². The molecule has 0 aromatic heterocycles. The minimum absolute atomic E-state index is 0.0598. The Kier molecular flexibility index (Phi) is 19.1. The number of aliphatic carboxylic acids is 1. The molecule has 0 rings (SSSR count). The lowest BCUT2D eigenvalue weighted by Gasteiger charge is -1.99. The van der Waals surface area contributed by atoms with Crippen LogP contribution in [0.1, 0.15) is 71.1 Å². The van der Waals surface area contributed by atoms with E-state index in [9.17, 15) is 4.79 Å². The van der Waals surface area contributed by atoms with Crippen molar-refractivity contribution in [1.29, 1.82) is 0 Å². The Morgan fingerprint density at radius 3 is 1.72 bits per heavy atom. The topological polar surface area (TPSA) is 49.3 Å². The fourth-order valence-corrected chi connectivity index (χ4v) is 2.27. The van der Waals surface area contributed by atoms with Crippen molar-refractivity contribution in [1.82, 2.24) is 5.32 Å². The molecule has 25 heavy (non-hydrogen) atoms. The summed E-state index contributed by atoms with van der Waals surface area (Å²) in [5.74, 6) is -0.791. The van der Waals surface area contributed by atoms with Crippen LogP contribution in [0.2, 0.25) is 0 Å². The van der Waals surface area contributed by atoms with Gasteiger partial charge in [0.15, 0.2) is 0 Å². The highest BCUT2D eigenvalue weighted by Gasteiger charge is 1.93. The van der Waals surface area contributed by atoms with E-state index in [1.165, 1.54) is 25.7 Å². The van der Waals surface area contributed by atoms with E-state index >= 15 is 0 Å². The lowest BCUT2D eigenvalue weighted by molar-refractivity contribution is -0.135. The van der Waals surface area contributed by atoms with Gasteiger partial charge >= 0.3 is 5.97 Å². The third kappa shape index (κ3) is 22.4. The van der Waals surface area contributed by atoms with Crippen LogP contribution < -0.4 is 5.32 Å². The highest BCUT2D eigenvalue weighted by atomic mass is 16.4. The van der Waals surface area contributed by atoms with Crippen molar-refractivity contribution in [3.8, 4) is 0 Å². The highest BCUT2D eigenvalue weighted by Crippen LogP contribution is 2.01. The number of carboxylic acids is 1. The summed E-state index contributed by atoms with van der Waals surface area (Å²) >= 11 is 0. The standard InChI is InChI=1S/C22H37NO2/c1-2-3-4-5-6-7-8-9-10-11-12-13-14-15-16-17-18-19-20-23-21-22(24)25/h6-7,9-10,12-13,15-16,23H,2-5,8,11,14,17-21H2,1H3,(H,24,25). The van der Waals surface area contributed by atoms with Crippen LogP contribution in [-0.2, 0) is 4.79 Å². The molecule has 0 unspecified atom stereocenters. The van der Waals surface area contributed by atoms with E-state index in [2.05, 4.69) is 60.8 Å². The molecule has 0 aliphatic heterocycles. The summed E-state index contributed by atoms with van der Waals surface area (Å²) in [5.41, 5.74) is 0. The van der Waals surface area contributed by atoms with Crippen molar-refractivity contribution >= 4 is 5.97 Å². The first-order chi connectivity index (χ1) is 12.3. The van der Waals surface area contributed by atoms with Crippen LogP contribution in [0.3, 0.4) is 0 Å². The molecule has 142 valence electrons. The smallest absolute Gasteiger partial charge is 0.317 e. The van der Waals surface area contributed by atoms with E-state index in [4.69, 9.17) is 5.11 Å². The Hall–Kier alpha value is -1.61. The molecule has 3 heteroatoms. The van der Waals surface area contributed by atoms with Gasteiger partial charge in [0, 0.05) is 0 Å². The number of nitrogens with one attached hydrogen (secondary N) is 1. The normalized spacial score (nSPS) is 12.4. The van der Waals surface area contributed by atoms with Crippen LogP contribution in [0.5, 0.6) is 0 Å². The summed E-state index contributed by atoms with van der Waals surface area (Å²) < 4.78 is 0. The average Bonchev–Trinajstić information content (AvgIpc) is 2.60. The first-order valence-electron chi connectivity index (χ1n) is 9.79. The molecule has 0 amide bonds. The second kappa shape index (κ2) is 20.4. The van der Waals surface area contributed by atoms with Gasteiger partial charge in [-0.2, -0.15) is 0 Å². The quantitative estimate of drug-likeness (QED) is 0.258. The molecule has 0 heterocycles. The Balaban J connectivity index is 3.36. The van der Waals surface area contributed by atoms with Crippen molar-refractivity contribution in [2.24, 2.45) is 0 Å². The Morgan fingerprint density at radius 1 is 0.760 bits per heavy atom. The minimum atomic E-state index is -0.791. The number of rotatable bonds is 17. The Bertz CT molecular complexity index is 408. The molecule has 3 nitrogen and oxygen atoms in total. The Morgan fingerprint density at radius 2 is 1.24 bits per heavy atom. The zero-order valence-corrected chi connectivity index (χ0v) is 16.0. The van der Waals surface area contributed by atoms with Gasteiger partial charge in [-0.3, -0.25) is 4.79 Å². The molecule has 0 aliphatic carbocycles. The van der Waals surface area contributed by atoms with Crippen molar-refractivity contribution < 1.29 is 9.90 Å². The molecule has 0 aromatic carbocycles. The molecule has 0 saturated carbocycles. The summed E-state index contributed by atoms with van der Waals surface area (Å²) in [5, 5.41) is 11.4. The lowest BCUT2D eigenvalue weighted by Crippen LogP contribution is -2.23. The second-order valence-corrected chi connectivity index (χ2v) is 6.15. The molecule has 0 aliphatic rings. The predicted octanol–water partition coefficient (Wildman–Crippen LogP) is 5.81. The van der Waals surface area contributed by atoms with Crippen LogP contribution in [0.15, 0.2) is 48.6 Å². The minimum Gasteiger partial charge on any atom is -0.480 e. The maximum atomic E-state index is 10.3. The number of hydrogen-bond donors (Lipinski definition) is 2. The van der Waals surface area contributed by atoms with Gasteiger partial charge < -0.3 is 10.4 Å². The third-order valence-corrected chi connectivity index (χ3v) is 3.71. The van der Waals surface area contributed by atoms with Gasteiger partial charge in [0.25, 0.3) is 0 Å². The highest BCUT2D eigenvalue weighted by molar-refractivity contribution is 5.68. The summed E-state index contributed by atoms with van der Waals surface area (Å²) in [6.45, 7) is 3.08. The van der Waals surface area contributed by atoms with Gasteiger partial charge in [-0.1, -0.05) is 68.4 Å². The first-order valence-corrected chi connectivity index (χ1v) is 9.79. The van der Waals surface area contributed by atoms with Crippen LogP contribution in [0.4, 0.5) is 0 Å². The van der Waals surface area contributed by atoms with E-state index in [-0.39, 0.29) is 6.54 Å². The molecule has 0 aromatic rings. The fraction of sp³-hybridized carbons (Fsp3) is 0.591. The van der Waals surface area contributed by atoms with Gasteiger partial charge in [-0.05, 0) is 57.9 Å². The number of allylic oxidation sites excluding steroid dienone is 8. The number of carbonyl (C=O) groups is 1. The van der Waals surface area contributed by atoms with Gasteiger partial charge in [-0.15, -0.1) is 0 Å². The van der Waals surface area contributed by atoms with Crippen molar-refractivity contribution in [2.75, 3.05) is 13.1 Å². The molecule has 0 fully saturated rings. The lowest BCUT2D eigenvalue weighted by atomic mass is 10.2. The van der Waals surface area contributed by atoms with Gasteiger partial charge in [0.2, 0.25) is 0 Å². The predicted molar refractivity (Wildman–Crippen MR) is 109 cm³/mol. The Labute approximate surface area is 154 Å². The summed E-state index contributed by atoms with van der Waals surface area (Å²) in [6.07, 6.45) is 29.2. The molecular weight excluding hydrogens is 310 g/mol. The molecule has 0 atom stereocenters. The molecule has 0 radical (unpaired) electrons. The van der Waals surface area contributed by atoms with E-state index in [1.54, 1.807) is 0 Å². The molecular formula is C22H37NO2. The molecule has 0 spiro atoms. The fourth-order valence-electron chi connectivity index (χ4n) is 2.27. The van der Waals surface area contributed by atoms with E-state index in [0.717, 1.165) is 45.1 Å². The summed E-state index contributed by atoms with van der Waals surface area (Å²) in [6, 6.07) is 0. The van der Waals surface area contributed by atoms with Gasteiger partial charge in [0.05, 0.1) is 6.54 Å². The zero-order valence-electron chi connectivity index (χ0n) is 16.0. The number of hydrogen-bond acceptors (Lipinski definition) is 2. The molecule has 2 N–H and O–H groups in total. The maximum absolute atomic E-state index is 10.3. The van der Waals surface area contributed by atoms with Gasteiger partial charge in [-0.25, -0.2) is 0 Å². The van der Waals surface area contributed by atoms with Crippen LogP contribution in [0, 0.1) is 0 Å². The van der Waals surface area contributed by atoms with Crippen molar-refractivity contribution in [2.45, 2.75) is 71.1 Å². The largest absolute Gasteiger partial charge is 0.480 e. The molecule has 0 bridgehead atoms. The van der Waals surface area contributed by atoms with Crippen molar-refractivity contribution in [3.63, 3.8) is 0 Å². The van der Waals surface area contributed by atoms with Crippen LogP contribution in [0.25, 0.3) is 0 Å². The molecule has 0 saturated heterocycles. The second-order valence-electron chi connectivity index (χ2n) is 6.15. The maximum Gasteiger partial charge on any atom is 0.317 e. The summed E-state index contributed by atoms with van der Waals surface area (Å²) in [7, 11) is 0. The first kappa shape index (κ1) is 23.4.